The number of halogens is 2. The number of carbonyl (C=O) groups is 1. The Morgan fingerprint density at radius 1 is 1.13 bits per heavy atom. The minimum absolute atomic E-state index is 0.348. The number of hydrogen-bond donors (Lipinski definition) is 1. The molecule has 0 saturated heterocycles. The van der Waals surface area contributed by atoms with Crippen molar-refractivity contribution in [3.05, 3.63) is 63.1 Å². The number of amides is 1. The number of hydrazone groups is 1. The number of benzene rings is 2. The fraction of sp³-hybridized carbons (Fsp3) is 0.273. The number of rotatable bonds is 11. The van der Waals surface area contributed by atoms with Crippen LogP contribution in [0.2, 0.25) is 0 Å². The van der Waals surface area contributed by atoms with Gasteiger partial charge in [0.15, 0.2) is 11.5 Å². The van der Waals surface area contributed by atoms with Crippen LogP contribution in [0.25, 0.3) is 0 Å². The molecule has 0 saturated carbocycles. The predicted octanol–water partition coefficient (Wildman–Crippen LogP) is 5.73. The van der Waals surface area contributed by atoms with Gasteiger partial charge >= 0.3 is 0 Å². The second kappa shape index (κ2) is 12.4. The van der Waals surface area contributed by atoms with Gasteiger partial charge in [0.05, 0.1) is 23.9 Å². The Labute approximate surface area is 193 Å². The van der Waals surface area contributed by atoms with Gasteiger partial charge in [-0.05, 0) is 59.6 Å². The minimum Gasteiger partial charge on any atom is -0.492 e. The van der Waals surface area contributed by atoms with Gasteiger partial charge in [-0.1, -0.05) is 35.5 Å². The Bertz CT molecular complexity index is 916. The van der Waals surface area contributed by atoms with Crippen molar-refractivity contribution in [2.24, 2.45) is 5.10 Å². The quantitative estimate of drug-likeness (QED) is 0.225. The molecule has 160 valence electrons. The van der Waals surface area contributed by atoms with E-state index >= 15 is 0 Å². The van der Waals surface area contributed by atoms with Crippen molar-refractivity contribution in [1.82, 2.24) is 5.43 Å². The molecule has 6 nitrogen and oxygen atoms in total. The first kappa shape index (κ1) is 24.0. The lowest BCUT2D eigenvalue weighted by molar-refractivity contribution is 0.0954. The normalized spacial score (nSPS) is 10.7. The lowest BCUT2D eigenvalue weighted by Gasteiger charge is -2.12. The summed E-state index contributed by atoms with van der Waals surface area (Å²) in [4.78, 5) is 12.5. The summed E-state index contributed by atoms with van der Waals surface area (Å²) in [5.74, 6) is 1.34. The fourth-order valence-electron chi connectivity index (χ4n) is 2.44. The van der Waals surface area contributed by atoms with Crippen LogP contribution < -0.4 is 19.6 Å². The number of hydrogen-bond acceptors (Lipinski definition) is 5. The van der Waals surface area contributed by atoms with E-state index in [-0.39, 0.29) is 5.91 Å². The Morgan fingerprint density at radius 3 is 2.63 bits per heavy atom. The molecule has 1 N–H and O–H groups in total. The van der Waals surface area contributed by atoms with Crippen LogP contribution in [-0.4, -0.2) is 31.9 Å². The maximum absolute atomic E-state index is 12.5. The van der Waals surface area contributed by atoms with E-state index in [1.54, 1.807) is 30.5 Å². The molecule has 2 aromatic carbocycles. The molecule has 8 heteroatoms. The molecule has 0 fully saturated rings. The molecule has 0 bridgehead atoms. The Kier molecular flexibility index (Phi) is 9.89. The first-order valence-electron chi connectivity index (χ1n) is 9.45. The number of ether oxygens (including phenoxy) is 3. The molecule has 0 aromatic heterocycles. The van der Waals surface area contributed by atoms with Gasteiger partial charge in [-0.25, -0.2) is 5.43 Å². The summed E-state index contributed by atoms with van der Waals surface area (Å²) in [6.07, 6.45) is 4.07. The molecule has 0 aliphatic heterocycles. The van der Waals surface area contributed by atoms with Gasteiger partial charge in [0.25, 0.3) is 5.91 Å². The summed E-state index contributed by atoms with van der Waals surface area (Å²) in [7, 11) is 0. The van der Waals surface area contributed by atoms with Gasteiger partial charge < -0.3 is 14.2 Å². The van der Waals surface area contributed by atoms with Gasteiger partial charge in [0.2, 0.25) is 0 Å². The lowest BCUT2D eigenvalue weighted by atomic mass is 10.2. The molecular weight excluding hydrogens is 516 g/mol. The SMILES string of the molecule is C=CCOc1ccc(C(=O)N/N=C/c2cc(Br)cc(Br)c2OCCC)cc1OCC. The minimum atomic E-state index is -0.368. The highest BCUT2D eigenvalue weighted by atomic mass is 79.9. The van der Waals surface area contributed by atoms with Gasteiger partial charge in [-0.2, -0.15) is 5.10 Å². The van der Waals surface area contributed by atoms with Gasteiger partial charge in [-0.15, -0.1) is 0 Å². The topological polar surface area (TPSA) is 69.2 Å². The van der Waals surface area contributed by atoms with Crippen molar-refractivity contribution in [1.29, 1.82) is 0 Å². The summed E-state index contributed by atoms with van der Waals surface area (Å²) in [6, 6.07) is 8.72. The van der Waals surface area contributed by atoms with Crippen LogP contribution in [0.4, 0.5) is 0 Å². The summed E-state index contributed by atoms with van der Waals surface area (Å²) >= 11 is 6.95. The number of nitrogens with zero attached hydrogens (tertiary/aromatic N) is 1. The summed E-state index contributed by atoms with van der Waals surface area (Å²) in [6.45, 7) is 8.90. The van der Waals surface area contributed by atoms with Crippen molar-refractivity contribution in [2.75, 3.05) is 19.8 Å². The van der Waals surface area contributed by atoms with Crippen LogP contribution >= 0.6 is 31.9 Å². The van der Waals surface area contributed by atoms with Crippen LogP contribution in [0.15, 0.2) is 57.0 Å². The highest BCUT2D eigenvalue weighted by Gasteiger charge is 2.12. The molecule has 0 atom stereocenters. The maximum Gasteiger partial charge on any atom is 0.271 e. The molecule has 0 spiro atoms. The molecule has 2 rings (SSSR count). The lowest BCUT2D eigenvalue weighted by Crippen LogP contribution is -2.18. The molecule has 0 heterocycles. The largest absolute Gasteiger partial charge is 0.492 e. The van der Waals surface area contributed by atoms with Crippen LogP contribution in [-0.2, 0) is 0 Å². The zero-order valence-corrected chi connectivity index (χ0v) is 20.1. The second-order valence-electron chi connectivity index (χ2n) is 6.05. The van der Waals surface area contributed by atoms with E-state index in [1.807, 2.05) is 26.0 Å². The second-order valence-corrected chi connectivity index (χ2v) is 7.82. The van der Waals surface area contributed by atoms with Crippen molar-refractivity contribution >= 4 is 44.0 Å². The first-order chi connectivity index (χ1) is 14.5. The fourth-order valence-corrected chi connectivity index (χ4v) is 3.82. The van der Waals surface area contributed by atoms with E-state index in [0.717, 1.165) is 20.9 Å². The molecule has 1 amide bonds. The Balaban J connectivity index is 2.16. The van der Waals surface area contributed by atoms with Crippen LogP contribution in [0, 0.1) is 0 Å². The van der Waals surface area contributed by atoms with Gasteiger partial charge in [-0.3, -0.25) is 4.79 Å². The highest BCUT2D eigenvalue weighted by Crippen LogP contribution is 2.32. The third kappa shape index (κ3) is 6.88. The van der Waals surface area contributed by atoms with Crippen LogP contribution in [0.3, 0.4) is 0 Å². The van der Waals surface area contributed by atoms with E-state index < -0.39 is 0 Å². The molecule has 0 radical (unpaired) electrons. The third-order valence-electron chi connectivity index (χ3n) is 3.72. The zero-order valence-electron chi connectivity index (χ0n) is 16.9. The Hall–Kier alpha value is -2.32. The average Bonchev–Trinajstić information content (AvgIpc) is 2.72. The monoisotopic (exact) mass is 538 g/mol. The van der Waals surface area contributed by atoms with Crippen molar-refractivity contribution in [3.8, 4) is 17.2 Å². The molecular formula is C22H24Br2N2O4. The standard InChI is InChI=1S/C22H24Br2N2O4/c1-4-9-29-19-8-7-15(12-20(19)28-6-3)22(27)26-25-14-16-11-17(23)13-18(24)21(16)30-10-5-2/h4,7-8,11-14H,1,5-6,9-10H2,2-3H3,(H,26,27)/b25-14+. The Morgan fingerprint density at radius 2 is 1.93 bits per heavy atom. The van der Waals surface area contributed by atoms with Gasteiger partial charge in [0, 0.05) is 15.6 Å². The first-order valence-corrected chi connectivity index (χ1v) is 11.0. The van der Waals surface area contributed by atoms with Crippen molar-refractivity contribution < 1.29 is 19.0 Å². The van der Waals surface area contributed by atoms with Crippen LogP contribution in [0.1, 0.15) is 36.2 Å². The smallest absolute Gasteiger partial charge is 0.271 e. The molecule has 0 unspecified atom stereocenters. The van der Waals surface area contributed by atoms with E-state index in [2.05, 4.69) is 49.0 Å². The molecule has 0 aliphatic carbocycles. The van der Waals surface area contributed by atoms with Crippen molar-refractivity contribution in [3.63, 3.8) is 0 Å². The summed E-state index contributed by atoms with van der Waals surface area (Å²) in [5, 5.41) is 4.09. The molecule has 2 aromatic rings. The maximum atomic E-state index is 12.5. The number of carbonyl (C=O) groups excluding carboxylic acids is 1. The van der Waals surface area contributed by atoms with E-state index in [1.165, 1.54) is 0 Å². The molecule has 30 heavy (non-hydrogen) atoms. The number of nitrogens with one attached hydrogen (secondary N) is 1. The van der Waals surface area contributed by atoms with Crippen molar-refractivity contribution in [2.45, 2.75) is 20.3 Å². The van der Waals surface area contributed by atoms with E-state index in [4.69, 9.17) is 14.2 Å². The van der Waals surface area contributed by atoms with Crippen LogP contribution in [0.5, 0.6) is 17.2 Å². The van der Waals surface area contributed by atoms with Gasteiger partial charge in [0.1, 0.15) is 12.4 Å². The predicted molar refractivity (Wildman–Crippen MR) is 126 cm³/mol. The highest BCUT2D eigenvalue weighted by molar-refractivity contribution is 9.11. The summed E-state index contributed by atoms with van der Waals surface area (Å²) in [5.41, 5.74) is 3.67. The van der Waals surface area contributed by atoms with E-state index in [0.29, 0.717) is 42.6 Å². The zero-order chi connectivity index (χ0) is 21.9. The third-order valence-corrected chi connectivity index (χ3v) is 4.77. The summed E-state index contributed by atoms with van der Waals surface area (Å²) < 4.78 is 18.6. The average molecular weight is 540 g/mol. The van der Waals surface area contributed by atoms with E-state index in [9.17, 15) is 4.79 Å². The molecule has 0 aliphatic rings.